The molecule has 0 aliphatic carbocycles. The number of amides is 1. The summed E-state index contributed by atoms with van der Waals surface area (Å²) in [6, 6.07) is 7.99. The summed E-state index contributed by atoms with van der Waals surface area (Å²) in [4.78, 5) is 18.6. The lowest BCUT2D eigenvalue weighted by Gasteiger charge is -2.30. The second kappa shape index (κ2) is 6.94. The van der Waals surface area contributed by atoms with E-state index in [1.807, 2.05) is 36.1 Å². The number of carbonyl (C=O) groups is 1. The van der Waals surface area contributed by atoms with Crippen molar-refractivity contribution in [2.24, 2.45) is 5.92 Å². The van der Waals surface area contributed by atoms with Crippen molar-refractivity contribution in [1.82, 2.24) is 15.0 Å². The number of likely N-dealkylation sites (tertiary alicyclic amines) is 1. The highest BCUT2D eigenvalue weighted by atomic mass is 16.5. The van der Waals surface area contributed by atoms with Gasteiger partial charge in [0, 0.05) is 31.5 Å². The molecule has 1 aliphatic rings. The normalized spacial score (nSPS) is 18.2. The fraction of sp³-hybridized carbons (Fsp3) is 0.500. The van der Waals surface area contributed by atoms with Gasteiger partial charge in [-0.1, -0.05) is 41.9 Å². The second-order valence-corrected chi connectivity index (χ2v) is 6.46. The Morgan fingerprint density at radius 3 is 2.87 bits per heavy atom. The van der Waals surface area contributed by atoms with Gasteiger partial charge < -0.3 is 9.42 Å². The first kappa shape index (κ1) is 15.7. The summed E-state index contributed by atoms with van der Waals surface area (Å²) in [6.45, 7) is 5.99. The number of aryl methyl sites for hydroxylation is 2. The first-order chi connectivity index (χ1) is 11.1. The van der Waals surface area contributed by atoms with Gasteiger partial charge in [-0.25, -0.2) is 0 Å². The number of piperidine rings is 1. The molecule has 0 bridgehead atoms. The summed E-state index contributed by atoms with van der Waals surface area (Å²) in [6.07, 6.45) is 3.25. The van der Waals surface area contributed by atoms with Gasteiger partial charge >= 0.3 is 0 Å². The molecule has 0 radical (unpaired) electrons. The van der Waals surface area contributed by atoms with E-state index in [0.29, 0.717) is 30.5 Å². The van der Waals surface area contributed by atoms with Crippen LogP contribution >= 0.6 is 0 Å². The van der Waals surface area contributed by atoms with Crippen molar-refractivity contribution in [3.05, 3.63) is 35.7 Å². The van der Waals surface area contributed by atoms with Crippen LogP contribution in [-0.2, 0) is 11.2 Å². The Morgan fingerprint density at radius 1 is 1.35 bits per heavy atom. The zero-order valence-corrected chi connectivity index (χ0v) is 13.8. The number of aromatic nitrogens is 2. The van der Waals surface area contributed by atoms with E-state index in [2.05, 4.69) is 17.1 Å². The van der Waals surface area contributed by atoms with Gasteiger partial charge in [0.05, 0.1) is 0 Å². The van der Waals surface area contributed by atoms with Crippen molar-refractivity contribution >= 4 is 5.91 Å². The molecule has 2 heterocycles. The Balaban J connectivity index is 1.56. The number of benzene rings is 1. The van der Waals surface area contributed by atoms with Gasteiger partial charge in [-0.3, -0.25) is 4.79 Å². The third-order valence-electron chi connectivity index (χ3n) is 4.34. The van der Waals surface area contributed by atoms with Crippen LogP contribution in [0.5, 0.6) is 0 Å². The maximum Gasteiger partial charge on any atom is 0.227 e. The number of rotatable bonds is 4. The average molecular weight is 313 g/mol. The zero-order valence-electron chi connectivity index (χ0n) is 13.8. The van der Waals surface area contributed by atoms with Crippen LogP contribution in [0.15, 0.2) is 28.8 Å². The summed E-state index contributed by atoms with van der Waals surface area (Å²) >= 11 is 0. The van der Waals surface area contributed by atoms with Crippen molar-refractivity contribution in [1.29, 1.82) is 0 Å². The molecule has 5 heteroatoms. The first-order valence-corrected chi connectivity index (χ1v) is 8.29. The van der Waals surface area contributed by atoms with E-state index in [1.54, 1.807) is 0 Å². The van der Waals surface area contributed by atoms with Crippen LogP contribution in [0.2, 0.25) is 0 Å². The van der Waals surface area contributed by atoms with Gasteiger partial charge in [-0.05, 0) is 25.7 Å². The maximum absolute atomic E-state index is 12.3. The summed E-state index contributed by atoms with van der Waals surface area (Å²) in [5.74, 6) is 1.90. The molecule has 5 nitrogen and oxygen atoms in total. The molecule has 1 aromatic carbocycles. The molecule has 3 rings (SSSR count). The predicted octanol–water partition coefficient (Wildman–Crippen LogP) is 3.24. The third-order valence-corrected chi connectivity index (χ3v) is 4.34. The maximum atomic E-state index is 12.3. The first-order valence-electron chi connectivity index (χ1n) is 8.29. The number of carbonyl (C=O) groups excluding carboxylic acids is 1. The van der Waals surface area contributed by atoms with Gasteiger partial charge in [0.25, 0.3) is 0 Å². The smallest absolute Gasteiger partial charge is 0.227 e. The van der Waals surface area contributed by atoms with Gasteiger partial charge in [0.15, 0.2) is 0 Å². The minimum Gasteiger partial charge on any atom is -0.342 e. The van der Waals surface area contributed by atoms with E-state index in [-0.39, 0.29) is 5.91 Å². The molecule has 0 N–H and O–H groups in total. The number of hydrogen-bond acceptors (Lipinski definition) is 4. The molecule has 1 atom stereocenters. The predicted molar refractivity (Wildman–Crippen MR) is 87.8 cm³/mol. The van der Waals surface area contributed by atoms with Gasteiger partial charge in [0.1, 0.15) is 0 Å². The lowest BCUT2D eigenvalue weighted by atomic mass is 10.00. The van der Waals surface area contributed by atoms with E-state index in [4.69, 9.17) is 4.52 Å². The second-order valence-electron chi connectivity index (χ2n) is 6.46. The van der Waals surface area contributed by atoms with E-state index >= 15 is 0 Å². The minimum atomic E-state index is 0.187. The Bertz CT molecular complexity index is 663. The standard InChI is InChI=1S/C18H23N3O2/c1-13-5-7-15(8-6-13)18-19-16(23-20-18)9-10-17(22)21-11-3-4-14(2)12-21/h5-8,14H,3-4,9-12H2,1-2H3/t14-/m0/s1. The number of hydrogen-bond donors (Lipinski definition) is 0. The van der Waals surface area contributed by atoms with Crippen LogP contribution in [0.1, 0.15) is 37.6 Å². The van der Waals surface area contributed by atoms with Crippen molar-refractivity contribution < 1.29 is 9.32 Å². The van der Waals surface area contributed by atoms with Crippen LogP contribution in [0.4, 0.5) is 0 Å². The molecule has 2 aromatic rings. The van der Waals surface area contributed by atoms with E-state index in [9.17, 15) is 4.79 Å². The van der Waals surface area contributed by atoms with E-state index in [0.717, 1.165) is 25.1 Å². The third kappa shape index (κ3) is 3.97. The van der Waals surface area contributed by atoms with Crippen LogP contribution in [0, 0.1) is 12.8 Å². The molecule has 1 fully saturated rings. The highest BCUT2D eigenvalue weighted by Crippen LogP contribution is 2.18. The Hall–Kier alpha value is -2.17. The molecule has 1 aliphatic heterocycles. The Kier molecular flexibility index (Phi) is 4.74. The highest BCUT2D eigenvalue weighted by molar-refractivity contribution is 5.76. The molecule has 0 saturated carbocycles. The van der Waals surface area contributed by atoms with E-state index in [1.165, 1.54) is 12.0 Å². The largest absolute Gasteiger partial charge is 0.342 e. The average Bonchev–Trinajstić information content (AvgIpc) is 3.02. The molecule has 1 saturated heterocycles. The SMILES string of the molecule is Cc1ccc(-c2noc(CCC(=O)N3CCC[C@H](C)C3)n2)cc1. The molecular formula is C18H23N3O2. The van der Waals surface area contributed by atoms with Crippen molar-refractivity contribution in [2.75, 3.05) is 13.1 Å². The summed E-state index contributed by atoms with van der Waals surface area (Å²) in [7, 11) is 0. The van der Waals surface area contributed by atoms with Crippen molar-refractivity contribution in [3.8, 4) is 11.4 Å². The van der Waals surface area contributed by atoms with Crippen LogP contribution in [-0.4, -0.2) is 34.0 Å². The van der Waals surface area contributed by atoms with Crippen molar-refractivity contribution in [3.63, 3.8) is 0 Å². The summed E-state index contributed by atoms with van der Waals surface area (Å²) < 4.78 is 5.28. The molecule has 0 spiro atoms. The van der Waals surface area contributed by atoms with Gasteiger partial charge in [0.2, 0.25) is 17.6 Å². The zero-order chi connectivity index (χ0) is 16.2. The van der Waals surface area contributed by atoms with Crippen LogP contribution in [0.25, 0.3) is 11.4 Å². The summed E-state index contributed by atoms with van der Waals surface area (Å²) in [5, 5.41) is 4.01. The Labute approximate surface area is 136 Å². The monoisotopic (exact) mass is 313 g/mol. The fourth-order valence-electron chi connectivity index (χ4n) is 2.96. The topological polar surface area (TPSA) is 59.2 Å². The molecular weight excluding hydrogens is 290 g/mol. The quantitative estimate of drug-likeness (QED) is 0.869. The van der Waals surface area contributed by atoms with Crippen molar-refractivity contribution in [2.45, 2.75) is 39.5 Å². The molecule has 0 unspecified atom stereocenters. The van der Waals surface area contributed by atoms with E-state index < -0.39 is 0 Å². The molecule has 122 valence electrons. The van der Waals surface area contributed by atoms with Gasteiger partial charge in [-0.2, -0.15) is 4.98 Å². The Morgan fingerprint density at radius 2 is 2.13 bits per heavy atom. The highest BCUT2D eigenvalue weighted by Gasteiger charge is 2.21. The minimum absolute atomic E-state index is 0.187. The summed E-state index contributed by atoms with van der Waals surface area (Å²) in [5.41, 5.74) is 2.13. The fourth-order valence-corrected chi connectivity index (χ4v) is 2.96. The van der Waals surface area contributed by atoms with Gasteiger partial charge in [-0.15, -0.1) is 0 Å². The van der Waals surface area contributed by atoms with Crippen LogP contribution < -0.4 is 0 Å². The van der Waals surface area contributed by atoms with Crippen LogP contribution in [0.3, 0.4) is 0 Å². The molecule has 1 aromatic heterocycles. The number of nitrogens with zero attached hydrogens (tertiary/aromatic N) is 3. The molecule has 1 amide bonds. The lowest BCUT2D eigenvalue weighted by molar-refractivity contribution is -0.132. The molecule has 23 heavy (non-hydrogen) atoms. The lowest BCUT2D eigenvalue weighted by Crippen LogP contribution is -2.39.